The molecule has 2 aromatic carbocycles. The van der Waals surface area contributed by atoms with E-state index in [1.807, 2.05) is 0 Å². The van der Waals surface area contributed by atoms with Gasteiger partial charge in [-0.2, -0.15) is 0 Å². The number of nitrogens with zero attached hydrogens (tertiary/aromatic N) is 2. The Bertz CT molecular complexity index is 751. The van der Waals surface area contributed by atoms with E-state index in [1.165, 1.54) is 24.3 Å². The lowest BCUT2D eigenvalue weighted by Gasteiger charge is -2.24. The van der Waals surface area contributed by atoms with Gasteiger partial charge >= 0.3 is 0 Å². The van der Waals surface area contributed by atoms with E-state index in [0.717, 1.165) is 0 Å². The Morgan fingerprint density at radius 2 is 1.88 bits per heavy atom. The lowest BCUT2D eigenvalue weighted by molar-refractivity contribution is -0.383. The Kier molecular flexibility index (Phi) is 5.59. The Balaban J connectivity index is 2.07. The van der Waals surface area contributed by atoms with Crippen LogP contribution in [0, 0.1) is 15.9 Å². The lowest BCUT2D eigenvalue weighted by atomic mass is 10.1. The molecule has 0 radical (unpaired) electrons. The monoisotopic (exact) mass is 331 g/mol. The van der Waals surface area contributed by atoms with Crippen molar-refractivity contribution in [2.45, 2.75) is 19.5 Å². The summed E-state index contributed by atoms with van der Waals surface area (Å²) in [5, 5.41) is 13.5. The third-order valence-corrected chi connectivity index (χ3v) is 3.78. The van der Waals surface area contributed by atoms with Gasteiger partial charge in [-0.3, -0.25) is 19.8 Å². The number of hydrogen-bond acceptors (Lipinski definition) is 4. The standard InChI is InChI=1S/C17H18FN3O3/c1-12(20(2)11-13-7-3-4-8-14(13)18)17(22)19-15-9-5-6-10-16(15)21(23)24/h3-10,12H,11H2,1-2H3,(H,19,22)/t12-/m0/s1. The Morgan fingerprint density at radius 3 is 2.54 bits per heavy atom. The van der Waals surface area contributed by atoms with Gasteiger partial charge in [0.25, 0.3) is 5.69 Å². The van der Waals surface area contributed by atoms with Crippen LogP contribution >= 0.6 is 0 Å². The van der Waals surface area contributed by atoms with Gasteiger partial charge in [-0.15, -0.1) is 0 Å². The number of nitro groups is 1. The summed E-state index contributed by atoms with van der Waals surface area (Å²) >= 11 is 0. The Labute approximate surface area is 139 Å². The summed E-state index contributed by atoms with van der Waals surface area (Å²) in [6.07, 6.45) is 0. The van der Waals surface area contributed by atoms with Crippen LogP contribution in [0.2, 0.25) is 0 Å². The maximum Gasteiger partial charge on any atom is 0.292 e. The van der Waals surface area contributed by atoms with E-state index >= 15 is 0 Å². The number of amides is 1. The molecule has 0 saturated carbocycles. The molecule has 0 aromatic heterocycles. The van der Waals surface area contributed by atoms with E-state index in [2.05, 4.69) is 5.32 Å². The number of anilines is 1. The Hall–Kier alpha value is -2.80. The van der Waals surface area contributed by atoms with Crippen molar-refractivity contribution in [3.63, 3.8) is 0 Å². The zero-order valence-electron chi connectivity index (χ0n) is 13.4. The van der Waals surface area contributed by atoms with Crippen molar-refractivity contribution in [2.75, 3.05) is 12.4 Å². The number of likely N-dealkylation sites (N-methyl/N-ethyl adjacent to an activating group) is 1. The second-order valence-corrected chi connectivity index (χ2v) is 5.45. The Morgan fingerprint density at radius 1 is 1.25 bits per heavy atom. The topological polar surface area (TPSA) is 75.5 Å². The average Bonchev–Trinajstić information content (AvgIpc) is 2.56. The summed E-state index contributed by atoms with van der Waals surface area (Å²) in [6.45, 7) is 1.91. The lowest BCUT2D eigenvalue weighted by Crippen LogP contribution is -2.39. The van der Waals surface area contributed by atoms with Gasteiger partial charge in [0, 0.05) is 18.2 Å². The predicted molar refractivity (Wildman–Crippen MR) is 89.1 cm³/mol. The van der Waals surface area contributed by atoms with Crippen LogP contribution in [0.25, 0.3) is 0 Å². The number of rotatable bonds is 6. The molecule has 1 atom stereocenters. The molecule has 1 N–H and O–H groups in total. The molecular weight excluding hydrogens is 313 g/mol. The molecule has 0 saturated heterocycles. The van der Waals surface area contributed by atoms with Crippen molar-refractivity contribution in [1.82, 2.24) is 4.90 Å². The number of carbonyl (C=O) groups is 1. The van der Waals surface area contributed by atoms with E-state index in [4.69, 9.17) is 0 Å². The largest absolute Gasteiger partial charge is 0.319 e. The minimum Gasteiger partial charge on any atom is -0.319 e. The van der Waals surface area contributed by atoms with Crippen LogP contribution in [-0.4, -0.2) is 28.8 Å². The van der Waals surface area contributed by atoms with E-state index in [9.17, 15) is 19.3 Å². The molecule has 1 amide bonds. The molecule has 0 heterocycles. The molecule has 0 bridgehead atoms. The molecule has 126 valence electrons. The minimum absolute atomic E-state index is 0.138. The average molecular weight is 331 g/mol. The van der Waals surface area contributed by atoms with Crippen molar-refractivity contribution in [2.24, 2.45) is 0 Å². The number of halogens is 1. The third-order valence-electron chi connectivity index (χ3n) is 3.78. The second kappa shape index (κ2) is 7.65. The summed E-state index contributed by atoms with van der Waals surface area (Å²) in [7, 11) is 1.69. The number of para-hydroxylation sites is 2. The summed E-state index contributed by atoms with van der Waals surface area (Å²) in [5.74, 6) is -0.737. The van der Waals surface area contributed by atoms with Crippen LogP contribution in [0.3, 0.4) is 0 Å². The summed E-state index contributed by atoms with van der Waals surface area (Å²) in [5.41, 5.74) is 0.443. The molecule has 2 aromatic rings. The van der Waals surface area contributed by atoms with E-state index < -0.39 is 16.9 Å². The molecule has 0 spiro atoms. The molecule has 7 heteroatoms. The maximum atomic E-state index is 13.7. The molecule has 2 rings (SSSR count). The van der Waals surface area contributed by atoms with Gasteiger partial charge in [-0.1, -0.05) is 30.3 Å². The van der Waals surface area contributed by atoms with Crippen LogP contribution in [0.5, 0.6) is 0 Å². The zero-order valence-corrected chi connectivity index (χ0v) is 13.4. The highest BCUT2D eigenvalue weighted by Gasteiger charge is 2.22. The van der Waals surface area contributed by atoms with E-state index in [-0.39, 0.29) is 23.7 Å². The molecule has 0 aliphatic rings. The van der Waals surface area contributed by atoms with Gasteiger partial charge in [0.1, 0.15) is 11.5 Å². The molecular formula is C17H18FN3O3. The molecule has 0 aliphatic heterocycles. The van der Waals surface area contributed by atoms with Crippen molar-refractivity contribution >= 4 is 17.3 Å². The van der Waals surface area contributed by atoms with Gasteiger partial charge in [0.05, 0.1) is 11.0 Å². The fourth-order valence-corrected chi connectivity index (χ4v) is 2.21. The van der Waals surface area contributed by atoms with E-state index in [0.29, 0.717) is 5.56 Å². The van der Waals surface area contributed by atoms with Crippen molar-refractivity contribution in [3.05, 3.63) is 70.0 Å². The molecule has 6 nitrogen and oxygen atoms in total. The van der Waals surface area contributed by atoms with E-state index in [1.54, 1.807) is 43.1 Å². The quantitative estimate of drug-likeness (QED) is 0.651. The highest BCUT2D eigenvalue weighted by molar-refractivity contribution is 5.96. The van der Waals surface area contributed by atoms with Crippen molar-refractivity contribution < 1.29 is 14.1 Å². The number of nitro benzene ring substituents is 1. The second-order valence-electron chi connectivity index (χ2n) is 5.45. The molecule has 0 fully saturated rings. The third kappa shape index (κ3) is 4.14. The van der Waals surface area contributed by atoms with Gasteiger partial charge in [0.2, 0.25) is 5.91 Å². The molecule has 0 aliphatic carbocycles. The fraction of sp³-hybridized carbons (Fsp3) is 0.235. The van der Waals surface area contributed by atoms with Crippen LogP contribution in [0.4, 0.5) is 15.8 Å². The zero-order chi connectivity index (χ0) is 17.7. The minimum atomic E-state index is -0.593. The number of nitrogens with one attached hydrogen (secondary N) is 1. The first-order valence-electron chi connectivity index (χ1n) is 7.38. The maximum absolute atomic E-state index is 13.7. The highest BCUT2D eigenvalue weighted by Crippen LogP contribution is 2.23. The highest BCUT2D eigenvalue weighted by atomic mass is 19.1. The van der Waals surface area contributed by atoms with Gasteiger partial charge in [0.15, 0.2) is 0 Å². The number of hydrogen-bond donors (Lipinski definition) is 1. The fourth-order valence-electron chi connectivity index (χ4n) is 2.21. The van der Waals surface area contributed by atoms with Gasteiger partial charge in [-0.25, -0.2) is 4.39 Å². The normalized spacial score (nSPS) is 12.0. The first kappa shape index (κ1) is 17.6. The van der Waals surface area contributed by atoms with Crippen molar-refractivity contribution in [1.29, 1.82) is 0 Å². The van der Waals surface area contributed by atoms with Gasteiger partial charge in [-0.05, 0) is 26.1 Å². The summed E-state index contributed by atoms with van der Waals surface area (Å²) in [6, 6.07) is 11.7. The van der Waals surface area contributed by atoms with Crippen LogP contribution < -0.4 is 5.32 Å². The molecule has 24 heavy (non-hydrogen) atoms. The smallest absolute Gasteiger partial charge is 0.292 e. The van der Waals surface area contributed by atoms with Crippen LogP contribution in [-0.2, 0) is 11.3 Å². The van der Waals surface area contributed by atoms with Gasteiger partial charge < -0.3 is 5.32 Å². The number of benzene rings is 2. The first-order chi connectivity index (χ1) is 11.4. The summed E-state index contributed by atoms with van der Waals surface area (Å²) < 4.78 is 13.7. The predicted octanol–water partition coefficient (Wildman–Crippen LogP) is 3.19. The number of carbonyl (C=O) groups excluding carboxylic acids is 1. The molecule has 0 unspecified atom stereocenters. The van der Waals surface area contributed by atoms with Crippen LogP contribution in [0.1, 0.15) is 12.5 Å². The van der Waals surface area contributed by atoms with Crippen LogP contribution in [0.15, 0.2) is 48.5 Å². The van der Waals surface area contributed by atoms with Crippen molar-refractivity contribution in [3.8, 4) is 0 Å². The summed E-state index contributed by atoms with van der Waals surface area (Å²) in [4.78, 5) is 24.4. The first-order valence-corrected chi connectivity index (χ1v) is 7.38. The SMILES string of the molecule is C[C@@H](C(=O)Nc1ccccc1[N+](=O)[O-])N(C)Cc1ccccc1F.